The summed E-state index contributed by atoms with van der Waals surface area (Å²) in [7, 11) is 0. The molecule has 86 valence electrons. The van der Waals surface area contributed by atoms with Gasteiger partial charge in [-0.1, -0.05) is 0 Å². The minimum Gasteiger partial charge on any atom is -0.469 e. The second-order valence-electron chi connectivity index (χ2n) is 3.75. The van der Waals surface area contributed by atoms with Crippen molar-refractivity contribution in [2.45, 2.75) is 19.9 Å². The summed E-state index contributed by atoms with van der Waals surface area (Å²) in [6.07, 6.45) is 6.49. The van der Waals surface area contributed by atoms with Crippen LogP contribution in [0, 0.1) is 6.92 Å². The molecule has 0 aliphatic heterocycles. The minimum atomic E-state index is 0.940. The van der Waals surface area contributed by atoms with Gasteiger partial charge in [0.05, 0.1) is 6.26 Å². The van der Waals surface area contributed by atoms with Crippen LogP contribution < -0.4 is 5.32 Å². The summed E-state index contributed by atoms with van der Waals surface area (Å²) < 4.78 is 7.39. The lowest BCUT2D eigenvalue weighted by atomic mass is 10.3. The van der Waals surface area contributed by atoms with Crippen LogP contribution in [0.15, 0.2) is 35.2 Å². The number of nitrogens with one attached hydrogen (secondary N) is 1. The Morgan fingerprint density at radius 1 is 1.44 bits per heavy atom. The van der Waals surface area contributed by atoms with E-state index in [0.717, 1.165) is 37.6 Å². The average molecular weight is 219 g/mol. The monoisotopic (exact) mass is 219 g/mol. The fourth-order valence-corrected chi connectivity index (χ4v) is 1.63. The largest absolute Gasteiger partial charge is 0.469 e. The van der Waals surface area contributed by atoms with E-state index >= 15 is 0 Å². The van der Waals surface area contributed by atoms with Crippen LogP contribution in [0.1, 0.15) is 11.6 Å². The molecule has 0 radical (unpaired) electrons. The molecular formula is C12H17N3O. The molecule has 0 atom stereocenters. The highest BCUT2D eigenvalue weighted by Gasteiger charge is 1.97. The van der Waals surface area contributed by atoms with E-state index in [0.29, 0.717) is 0 Å². The van der Waals surface area contributed by atoms with Crippen molar-refractivity contribution in [3.8, 4) is 0 Å². The van der Waals surface area contributed by atoms with Crippen LogP contribution in [0.4, 0.5) is 0 Å². The number of aromatic nitrogens is 2. The second kappa shape index (κ2) is 5.51. The highest BCUT2D eigenvalue weighted by Crippen LogP contribution is 1.99. The topological polar surface area (TPSA) is 43.0 Å². The number of hydrogen-bond acceptors (Lipinski definition) is 3. The summed E-state index contributed by atoms with van der Waals surface area (Å²) in [5, 5.41) is 3.38. The smallest absolute Gasteiger partial charge is 0.105 e. The van der Waals surface area contributed by atoms with Crippen molar-refractivity contribution in [1.82, 2.24) is 14.9 Å². The lowest BCUT2D eigenvalue weighted by Crippen LogP contribution is -2.22. The summed E-state index contributed by atoms with van der Waals surface area (Å²) >= 11 is 0. The Morgan fingerprint density at radius 2 is 2.38 bits per heavy atom. The normalized spacial score (nSPS) is 10.8. The van der Waals surface area contributed by atoms with E-state index in [4.69, 9.17) is 4.42 Å². The predicted molar refractivity (Wildman–Crippen MR) is 62.2 cm³/mol. The maximum absolute atomic E-state index is 5.25. The van der Waals surface area contributed by atoms with Crippen molar-refractivity contribution in [2.75, 3.05) is 13.1 Å². The SMILES string of the molecule is Cc1nccn1CCNCCc1ccco1. The van der Waals surface area contributed by atoms with Crippen LogP contribution >= 0.6 is 0 Å². The molecule has 2 heterocycles. The molecule has 2 aromatic rings. The molecular weight excluding hydrogens is 202 g/mol. The molecule has 0 amide bonds. The molecule has 2 aromatic heterocycles. The molecule has 0 fully saturated rings. The summed E-state index contributed by atoms with van der Waals surface area (Å²) in [6.45, 7) is 4.88. The minimum absolute atomic E-state index is 0.940. The van der Waals surface area contributed by atoms with Gasteiger partial charge in [0.25, 0.3) is 0 Å². The zero-order chi connectivity index (χ0) is 11.2. The number of aryl methyl sites for hydroxylation is 1. The molecule has 16 heavy (non-hydrogen) atoms. The Bertz CT molecular complexity index is 406. The quantitative estimate of drug-likeness (QED) is 0.751. The van der Waals surface area contributed by atoms with Gasteiger partial charge in [0.15, 0.2) is 0 Å². The highest BCUT2D eigenvalue weighted by atomic mass is 16.3. The van der Waals surface area contributed by atoms with Crippen molar-refractivity contribution >= 4 is 0 Å². The van der Waals surface area contributed by atoms with Crippen LogP contribution in [0.25, 0.3) is 0 Å². The maximum Gasteiger partial charge on any atom is 0.105 e. The molecule has 0 spiro atoms. The van der Waals surface area contributed by atoms with E-state index < -0.39 is 0 Å². The van der Waals surface area contributed by atoms with Crippen LogP contribution in [0.5, 0.6) is 0 Å². The molecule has 0 aliphatic carbocycles. The van der Waals surface area contributed by atoms with Crippen LogP contribution in [0.3, 0.4) is 0 Å². The van der Waals surface area contributed by atoms with Gasteiger partial charge in [-0.25, -0.2) is 4.98 Å². The highest BCUT2D eigenvalue weighted by molar-refractivity contribution is 4.98. The third-order valence-corrected chi connectivity index (χ3v) is 2.58. The van der Waals surface area contributed by atoms with Gasteiger partial charge in [0.2, 0.25) is 0 Å². The lowest BCUT2D eigenvalue weighted by molar-refractivity contribution is 0.494. The van der Waals surface area contributed by atoms with E-state index in [1.807, 2.05) is 31.5 Å². The average Bonchev–Trinajstić information content (AvgIpc) is 2.90. The first-order valence-corrected chi connectivity index (χ1v) is 5.57. The maximum atomic E-state index is 5.25. The molecule has 0 unspecified atom stereocenters. The first-order chi connectivity index (χ1) is 7.86. The van der Waals surface area contributed by atoms with Crippen LogP contribution in [-0.4, -0.2) is 22.6 Å². The van der Waals surface area contributed by atoms with E-state index in [-0.39, 0.29) is 0 Å². The Balaban J connectivity index is 1.61. The number of hydrogen-bond donors (Lipinski definition) is 1. The van der Waals surface area contributed by atoms with Gasteiger partial charge in [-0.05, 0) is 19.1 Å². The fourth-order valence-electron chi connectivity index (χ4n) is 1.63. The molecule has 0 saturated heterocycles. The Morgan fingerprint density at radius 3 is 3.06 bits per heavy atom. The van der Waals surface area contributed by atoms with Crippen molar-refractivity contribution < 1.29 is 4.42 Å². The first-order valence-electron chi connectivity index (χ1n) is 5.57. The molecule has 4 nitrogen and oxygen atoms in total. The third kappa shape index (κ3) is 2.97. The van der Waals surface area contributed by atoms with Crippen LogP contribution in [0.2, 0.25) is 0 Å². The predicted octanol–water partition coefficient (Wildman–Crippen LogP) is 1.62. The zero-order valence-corrected chi connectivity index (χ0v) is 9.52. The van der Waals surface area contributed by atoms with Crippen molar-refractivity contribution in [2.24, 2.45) is 0 Å². The third-order valence-electron chi connectivity index (χ3n) is 2.58. The van der Waals surface area contributed by atoms with Gasteiger partial charge in [-0.2, -0.15) is 0 Å². The molecule has 4 heteroatoms. The number of furan rings is 1. The number of nitrogens with zero attached hydrogens (tertiary/aromatic N) is 2. The van der Waals surface area contributed by atoms with Gasteiger partial charge in [0, 0.05) is 38.4 Å². The van der Waals surface area contributed by atoms with Crippen molar-refractivity contribution in [3.05, 3.63) is 42.4 Å². The lowest BCUT2D eigenvalue weighted by Gasteiger charge is -2.06. The number of rotatable bonds is 6. The fraction of sp³-hybridized carbons (Fsp3) is 0.417. The summed E-state index contributed by atoms with van der Waals surface area (Å²) in [6, 6.07) is 3.92. The van der Waals surface area contributed by atoms with Gasteiger partial charge >= 0.3 is 0 Å². The standard InChI is InChI=1S/C12H17N3O/c1-11-14-7-9-15(11)8-6-13-5-4-12-3-2-10-16-12/h2-3,7,9-10,13H,4-6,8H2,1H3. The van der Waals surface area contributed by atoms with Gasteiger partial charge in [-0.15, -0.1) is 0 Å². The van der Waals surface area contributed by atoms with Crippen LogP contribution in [-0.2, 0) is 13.0 Å². The van der Waals surface area contributed by atoms with Gasteiger partial charge in [0.1, 0.15) is 11.6 Å². The zero-order valence-electron chi connectivity index (χ0n) is 9.52. The molecule has 1 N–H and O–H groups in total. The van der Waals surface area contributed by atoms with E-state index in [1.165, 1.54) is 0 Å². The van der Waals surface area contributed by atoms with Crippen molar-refractivity contribution in [1.29, 1.82) is 0 Å². The van der Waals surface area contributed by atoms with E-state index in [9.17, 15) is 0 Å². The molecule has 0 saturated carbocycles. The second-order valence-corrected chi connectivity index (χ2v) is 3.75. The Labute approximate surface area is 95.3 Å². The Hall–Kier alpha value is -1.55. The molecule has 0 aromatic carbocycles. The molecule has 2 rings (SSSR count). The first kappa shape index (κ1) is 11.0. The molecule has 0 bridgehead atoms. The summed E-state index contributed by atoms with van der Waals surface area (Å²) in [5.41, 5.74) is 0. The number of imidazole rings is 1. The van der Waals surface area contributed by atoms with Gasteiger partial charge < -0.3 is 14.3 Å². The van der Waals surface area contributed by atoms with Crippen molar-refractivity contribution in [3.63, 3.8) is 0 Å². The Kier molecular flexibility index (Phi) is 3.77. The van der Waals surface area contributed by atoms with E-state index in [2.05, 4.69) is 14.9 Å². The summed E-state index contributed by atoms with van der Waals surface area (Å²) in [4.78, 5) is 4.18. The molecule has 0 aliphatic rings. The summed E-state index contributed by atoms with van der Waals surface area (Å²) in [5.74, 6) is 2.10. The van der Waals surface area contributed by atoms with Gasteiger partial charge in [-0.3, -0.25) is 0 Å². The van der Waals surface area contributed by atoms with E-state index in [1.54, 1.807) is 6.26 Å².